The second kappa shape index (κ2) is 12.9. The van der Waals surface area contributed by atoms with Crippen LogP contribution in [0.15, 0.2) is 114 Å². The van der Waals surface area contributed by atoms with Crippen molar-refractivity contribution < 1.29 is 14.4 Å². The average Bonchev–Trinajstić information content (AvgIpc) is 2.94. The first kappa shape index (κ1) is 26.9. The lowest BCUT2D eigenvalue weighted by Crippen LogP contribution is -2.30. The Hall–Kier alpha value is -4.13. The minimum absolute atomic E-state index is 0.00388. The highest BCUT2D eigenvalue weighted by atomic mass is 35.5. The van der Waals surface area contributed by atoms with Crippen molar-refractivity contribution in [1.82, 2.24) is 5.32 Å². The van der Waals surface area contributed by atoms with Crippen molar-refractivity contribution in [2.24, 2.45) is 0 Å². The molecule has 0 aliphatic carbocycles. The summed E-state index contributed by atoms with van der Waals surface area (Å²) in [7, 11) is 0. The van der Waals surface area contributed by atoms with Gasteiger partial charge in [-0.2, -0.15) is 0 Å². The molecule has 0 saturated carbocycles. The molecule has 0 fully saturated rings. The van der Waals surface area contributed by atoms with Gasteiger partial charge in [-0.3, -0.25) is 14.4 Å². The van der Waals surface area contributed by atoms with Gasteiger partial charge in [-0.05, 0) is 84.8 Å². The van der Waals surface area contributed by atoms with E-state index in [0.29, 0.717) is 21.8 Å². The molecule has 0 spiro atoms. The Morgan fingerprint density at radius 2 is 1.45 bits per heavy atom. The van der Waals surface area contributed by atoms with Crippen molar-refractivity contribution in [1.29, 1.82) is 0 Å². The molecule has 38 heavy (non-hydrogen) atoms. The largest absolute Gasteiger partial charge is 0.321 e. The van der Waals surface area contributed by atoms with Crippen molar-refractivity contribution in [3.05, 3.63) is 136 Å². The highest BCUT2D eigenvalue weighted by Gasteiger charge is 2.16. The van der Waals surface area contributed by atoms with E-state index in [0.717, 1.165) is 16.0 Å². The molecule has 0 saturated heterocycles. The Kier molecular flexibility index (Phi) is 9.14. The van der Waals surface area contributed by atoms with Crippen LogP contribution in [0, 0.1) is 6.92 Å². The summed E-state index contributed by atoms with van der Waals surface area (Å²) in [5, 5.41) is 6.19. The minimum atomic E-state index is -0.448. The first-order valence-corrected chi connectivity index (χ1v) is 13.2. The van der Waals surface area contributed by atoms with Crippen molar-refractivity contribution >= 4 is 52.7 Å². The van der Waals surface area contributed by atoms with Crippen molar-refractivity contribution in [2.45, 2.75) is 11.8 Å². The fraction of sp³-hybridized carbons (Fsp3) is 0.0645. The molecule has 4 aromatic carbocycles. The molecule has 190 valence electrons. The maximum absolute atomic E-state index is 13.2. The van der Waals surface area contributed by atoms with E-state index in [9.17, 15) is 14.4 Å². The topological polar surface area (TPSA) is 75.3 Å². The molecule has 2 N–H and O–H groups in total. The Morgan fingerprint density at radius 3 is 2.13 bits per heavy atom. The van der Waals surface area contributed by atoms with Crippen molar-refractivity contribution in [2.75, 3.05) is 11.1 Å². The number of hydrogen-bond donors (Lipinski definition) is 2. The van der Waals surface area contributed by atoms with E-state index in [4.69, 9.17) is 11.6 Å². The summed E-state index contributed by atoms with van der Waals surface area (Å²) in [6, 6.07) is 30.3. The van der Waals surface area contributed by atoms with Crippen LogP contribution in [0.4, 0.5) is 5.69 Å². The maximum atomic E-state index is 13.2. The van der Waals surface area contributed by atoms with Crippen LogP contribution in [-0.4, -0.2) is 23.4 Å². The van der Waals surface area contributed by atoms with Gasteiger partial charge in [0.2, 0.25) is 0 Å². The molecule has 4 aromatic rings. The van der Waals surface area contributed by atoms with Crippen LogP contribution in [-0.2, 0) is 4.79 Å². The maximum Gasteiger partial charge on any atom is 0.272 e. The zero-order chi connectivity index (χ0) is 26.9. The van der Waals surface area contributed by atoms with E-state index in [1.807, 2.05) is 49.4 Å². The minimum Gasteiger partial charge on any atom is -0.321 e. The van der Waals surface area contributed by atoms with Crippen LogP contribution in [0.1, 0.15) is 31.8 Å². The number of benzene rings is 4. The second-order valence-electron chi connectivity index (χ2n) is 8.43. The van der Waals surface area contributed by atoms with Crippen LogP contribution in [0.5, 0.6) is 0 Å². The third-order valence-corrected chi connectivity index (χ3v) is 6.93. The van der Waals surface area contributed by atoms with Gasteiger partial charge in [0.25, 0.3) is 11.8 Å². The molecule has 4 rings (SSSR count). The molecule has 0 aromatic heterocycles. The second-order valence-corrected chi connectivity index (χ2v) is 9.92. The summed E-state index contributed by atoms with van der Waals surface area (Å²) in [5.74, 6) is -0.542. The molecule has 0 aliphatic rings. The van der Waals surface area contributed by atoms with Crippen LogP contribution < -0.4 is 10.6 Å². The lowest BCUT2D eigenvalue weighted by Gasteiger charge is -2.12. The van der Waals surface area contributed by atoms with E-state index < -0.39 is 5.91 Å². The number of aryl methyl sites for hydroxylation is 1. The van der Waals surface area contributed by atoms with Crippen LogP contribution in [0.25, 0.3) is 6.08 Å². The number of nitrogens with one attached hydrogen (secondary N) is 2. The molecule has 0 heterocycles. The van der Waals surface area contributed by atoms with Gasteiger partial charge >= 0.3 is 0 Å². The normalized spacial score (nSPS) is 11.1. The van der Waals surface area contributed by atoms with Gasteiger partial charge in [0.1, 0.15) is 5.70 Å². The van der Waals surface area contributed by atoms with Gasteiger partial charge in [0, 0.05) is 26.7 Å². The summed E-state index contributed by atoms with van der Waals surface area (Å²) in [6.07, 6.45) is 1.66. The molecule has 0 aliphatic heterocycles. The number of Topliss-reactive ketones (excluding diaryl/α,β-unsaturated/α-hetero) is 1. The zero-order valence-corrected chi connectivity index (χ0v) is 22.2. The predicted octanol–water partition coefficient (Wildman–Crippen LogP) is 7.03. The van der Waals surface area contributed by atoms with E-state index in [2.05, 4.69) is 10.6 Å². The third kappa shape index (κ3) is 7.44. The van der Waals surface area contributed by atoms with Crippen molar-refractivity contribution in [3.63, 3.8) is 0 Å². The van der Waals surface area contributed by atoms with Gasteiger partial charge in [-0.25, -0.2) is 0 Å². The summed E-state index contributed by atoms with van der Waals surface area (Å²) >= 11 is 7.30. The lowest BCUT2D eigenvalue weighted by atomic mass is 10.1. The number of rotatable bonds is 9. The Balaban J connectivity index is 1.44. The smallest absolute Gasteiger partial charge is 0.272 e. The molecule has 0 atom stereocenters. The number of halogens is 1. The summed E-state index contributed by atoms with van der Waals surface area (Å²) in [4.78, 5) is 39.3. The number of carbonyl (C=O) groups excluding carboxylic acids is 3. The number of amides is 2. The van der Waals surface area contributed by atoms with E-state index in [1.54, 1.807) is 66.7 Å². The Bertz CT molecular complexity index is 1470. The van der Waals surface area contributed by atoms with Gasteiger partial charge < -0.3 is 10.6 Å². The summed E-state index contributed by atoms with van der Waals surface area (Å²) in [6.45, 7) is 1.94. The molecule has 2 amide bonds. The lowest BCUT2D eigenvalue weighted by molar-refractivity contribution is -0.113. The van der Waals surface area contributed by atoms with Crippen LogP contribution >= 0.6 is 23.4 Å². The highest BCUT2D eigenvalue weighted by Crippen LogP contribution is 2.22. The van der Waals surface area contributed by atoms with E-state index in [1.165, 1.54) is 11.8 Å². The first-order valence-electron chi connectivity index (χ1n) is 11.9. The monoisotopic (exact) mass is 540 g/mol. The van der Waals surface area contributed by atoms with Gasteiger partial charge in [-0.1, -0.05) is 54.1 Å². The average molecular weight is 541 g/mol. The Morgan fingerprint density at radius 1 is 0.789 bits per heavy atom. The summed E-state index contributed by atoms with van der Waals surface area (Å²) < 4.78 is 0. The Labute approximate surface area is 230 Å². The standard InChI is InChI=1S/C31H25ClN2O3S/c1-21-7-5-6-10-24(21)19-28(34-30(36)23-8-3-2-4-9-23)31(37)33-26-15-17-27(18-16-26)38-20-29(35)22-11-13-25(32)14-12-22/h2-19H,20H2,1H3,(H,33,37)(H,34,36)/b28-19-. The zero-order valence-electron chi connectivity index (χ0n) is 20.6. The van der Waals surface area contributed by atoms with Gasteiger partial charge in [0.15, 0.2) is 5.78 Å². The summed E-state index contributed by atoms with van der Waals surface area (Å²) in [5.41, 5.74) is 3.54. The number of anilines is 1. The quantitative estimate of drug-likeness (QED) is 0.136. The van der Waals surface area contributed by atoms with Crippen molar-refractivity contribution in [3.8, 4) is 0 Å². The van der Waals surface area contributed by atoms with Crippen LogP contribution in [0.2, 0.25) is 5.02 Å². The third-order valence-electron chi connectivity index (χ3n) is 5.67. The molecule has 0 bridgehead atoms. The molecule has 5 nitrogen and oxygen atoms in total. The highest BCUT2D eigenvalue weighted by molar-refractivity contribution is 8.00. The number of ketones is 1. The fourth-order valence-corrected chi connectivity index (χ4v) is 4.47. The fourth-order valence-electron chi connectivity index (χ4n) is 3.55. The molecule has 7 heteroatoms. The SMILES string of the molecule is Cc1ccccc1/C=C(\NC(=O)c1ccccc1)C(=O)Nc1ccc(SCC(=O)c2ccc(Cl)cc2)cc1. The molecular formula is C31H25ClN2O3S. The first-order chi connectivity index (χ1) is 18.4. The number of thioether (sulfide) groups is 1. The van der Waals surface area contributed by atoms with Gasteiger partial charge in [-0.15, -0.1) is 11.8 Å². The van der Waals surface area contributed by atoms with E-state index >= 15 is 0 Å². The predicted molar refractivity (Wildman–Crippen MR) is 155 cm³/mol. The van der Waals surface area contributed by atoms with E-state index in [-0.39, 0.29) is 23.1 Å². The number of hydrogen-bond acceptors (Lipinski definition) is 4. The van der Waals surface area contributed by atoms with Gasteiger partial charge in [0.05, 0.1) is 5.75 Å². The van der Waals surface area contributed by atoms with Crippen LogP contribution in [0.3, 0.4) is 0 Å². The molecule has 0 unspecified atom stereocenters. The number of carbonyl (C=O) groups is 3. The molecule has 0 radical (unpaired) electrons. The molecular weight excluding hydrogens is 516 g/mol.